The molecule has 0 radical (unpaired) electrons. The van der Waals surface area contributed by atoms with Gasteiger partial charge in [-0.2, -0.15) is 0 Å². The summed E-state index contributed by atoms with van der Waals surface area (Å²) in [5, 5.41) is 7.04. The molecular weight excluding hydrogens is 426 g/mol. The van der Waals surface area contributed by atoms with Crippen LogP contribution < -0.4 is 20.1 Å². The lowest BCUT2D eigenvalue weighted by Crippen LogP contribution is -2.50. The molecule has 3 atom stereocenters. The highest BCUT2D eigenvalue weighted by molar-refractivity contribution is 5.86. The van der Waals surface area contributed by atoms with Crippen LogP contribution in [0.1, 0.15) is 30.0 Å². The van der Waals surface area contributed by atoms with Gasteiger partial charge in [0, 0.05) is 42.9 Å². The van der Waals surface area contributed by atoms with E-state index in [9.17, 15) is 4.79 Å². The first-order valence-electron chi connectivity index (χ1n) is 12.0. The van der Waals surface area contributed by atoms with Crippen LogP contribution in [0.15, 0.2) is 66.8 Å². The molecule has 1 aliphatic heterocycles. The lowest BCUT2D eigenvalue weighted by Gasteiger charge is -2.37. The highest BCUT2D eigenvalue weighted by atomic mass is 16.5. The van der Waals surface area contributed by atoms with E-state index in [1.54, 1.807) is 14.2 Å². The third kappa shape index (κ3) is 5.62. The van der Waals surface area contributed by atoms with E-state index in [1.807, 2.05) is 30.3 Å². The van der Waals surface area contributed by atoms with Gasteiger partial charge in [0.2, 0.25) is 5.91 Å². The Hall–Kier alpha value is -3.25. The van der Waals surface area contributed by atoms with Crippen molar-refractivity contribution in [2.24, 2.45) is 5.92 Å². The van der Waals surface area contributed by atoms with E-state index in [2.05, 4.69) is 58.9 Å². The SMILES string of the molecule is COc1cc(NC(C(=O)N2CCCNCC2C2C=CC=CC2)c2ccc(C)cc2)cc(OC)c1. The second-order valence-electron chi connectivity index (χ2n) is 8.96. The number of carbonyl (C=O) groups excluding carboxylic acids is 1. The summed E-state index contributed by atoms with van der Waals surface area (Å²) >= 11 is 0. The number of methoxy groups -OCH3 is 2. The Morgan fingerprint density at radius 2 is 1.82 bits per heavy atom. The fourth-order valence-corrected chi connectivity index (χ4v) is 4.71. The monoisotopic (exact) mass is 461 g/mol. The van der Waals surface area contributed by atoms with Gasteiger partial charge in [-0.25, -0.2) is 0 Å². The topological polar surface area (TPSA) is 62.8 Å². The van der Waals surface area contributed by atoms with E-state index < -0.39 is 6.04 Å². The minimum atomic E-state index is -0.527. The van der Waals surface area contributed by atoms with E-state index >= 15 is 0 Å². The number of allylic oxidation sites excluding steroid dienone is 3. The Labute approximate surface area is 202 Å². The van der Waals surface area contributed by atoms with E-state index in [4.69, 9.17) is 9.47 Å². The second-order valence-corrected chi connectivity index (χ2v) is 8.96. The summed E-state index contributed by atoms with van der Waals surface area (Å²) in [7, 11) is 3.25. The van der Waals surface area contributed by atoms with Gasteiger partial charge in [0.1, 0.15) is 17.5 Å². The van der Waals surface area contributed by atoms with Crippen molar-refractivity contribution >= 4 is 11.6 Å². The number of rotatable bonds is 7. The van der Waals surface area contributed by atoms with Gasteiger partial charge in [-0.05, 0) is 31.9 Å². The normalized spacial score (nSPS) is 21.0. The molecule has 1 amide bonds. The number of ether oxygens (including phenoxy) is 2. The van der Waals surface area contributed by atoms with Crippen molar-refractivity contribution in [1.82, 2.24) is 10.2 Å². The van der Waals surface area contributed by atoms with Crippen LogP contribution >= 0.6 is 0 Å². The van der Waals surface area contributed by atoms with Crippen molar-refractivity contribution in [2.75, 3.05) is 39.2 Å². The third-order valence-corrected chi connectivity index (χ3v) is 6.62. The summed E-state index contributed by atoms with van der Waals surface area (Å²) in [6.45, 7) is 4.50. The first-order valence-corrected chi connectivity index (χ1v) is 12.0. The average molecular weight is 462 g/mol. The van der Waals surface area contributed by atoms with E-state index in [0.29, 0.717) is 17.4 Å². The molecule has 3 unspecified atom stereocenters. The summed E-state index contributed by atoms with van der Waals surface area (Å²) in [5.41, 5.74) is 2.88. The highest BCUT2D eigenvalue weighted by Gasteiger charge is 2.35. The molecular formula is C28H35N3O3. The zero-order valence-electron chi connectivity index (χ0n) is 20.3. The molecule has 34 heavy (non-hydrogen) atoms. The lowest BCUT2D eigenvalue weighted by atomic mass is 9.90. The first-order chi connectivity index (χ1) is 16.6. The van der Waals surface area contributed by atoms with Crippen molar-refractivity contribution in [3.8, 4) is 11.5 Å². The van der Waals surface area contributed by atoms with Crippen molar-refractivity contribution in [1.29, 1.82) is 0 Å². The maximum absolute atomic E-state index is 14.2. The number of benzene rings is 2. The largest absolute Gasteiger partial charge is 0.497 e. The van der Waals surface area contributed by atoms with Gasteiger partial charge in [-0.3, -0.25) is 4.79 Å². The summed E-state index contributed by atoms with van der Waals surface area (Å²) in [5.74, 6) is 1.73. The smallest absolute Gasteiger partial charge is 0.250 e. The summed E-state index contributed by atoms with van der Waals surface area (Å²) in [4.78, 5) is 16.3. The van der Waals surface area contributed by atoms with Gasteiger partial charge in [0.05, 0.1) is 20.3 Å². The number of amides is 1. The van der Waals surface area contributed by atoms with E-state index in [1.165, 1.54) is 0 Å². The molecule has 6 nitrogen and oxygen atoms in total. The maximum Gasteiger partial charge on any atom is 0.250 e. The molecule has 0 spiro atoms. The molecule has 0 aromatic heterocycles. The summed E-state index contributed by atoms with van der Waals surface area (Å²) in [6.07, 6.45) is 10.5. The van der Waals surface area contributed by atoms with Gasteiger partial charge in [-0.15, -0.1) is 0 Å². The van der Waals surface area contributed by atoms with Crippen LogP contribution in [0.3, 0.4) is 0 Å². The Morgan fingerprint density at radius 1 is 1.09 bits per heavy atom. The molecule has 2 N–H and O–H groups in total. The van der Waals surface area contributed by atoms with Gasteiger partial charge in [-0.1, -0.05) is 54.1 Å². The highest BCUT2D eigenvalue weighted by Crippen LogP contribution is 2.31. The summed E-state index contributed by atoms with van der Waals surface area (Å²) < 4.78 is 10.9. The van der Waals surface area contributed by atoms with Crippen LogP contribution in [-0.2, 0) is 4.79 Å². The predicted octanol–water partition coefficient (Wildman–Crippen LogP) is 4.49. The predicted molar refractivity (Wildman–Crippen MR) is 136 cm³/mol. The maximum atomic E-state index is 14.2. The molecule has 2 aromatic carbocycles. The molecule has 0 bridgehead atoms. The minimum Gasteiger partial charge on any atom is -0.497 e. The standard InChI is InChI=1S/C28H35N3O3/c1-20-10-12-22(13-11-20)27(30-23-16-24(33-2)18-25(17-23)34-3)28(32)31-15-7-14-29-19-26(31)21-8-5-4-6-9-21/h4-6,8,10-13,16-18,21,26-27,29-30H,7,9,14-15,19H2,1-3H3. The van der Waals surface area contributed by atoms with Crippen LogP contribution in [0.2, 0.25) is 0 Å². The zero-order valence-corrected chi connectivity index (χ0v) is 20.3. The minimum absolute atomic E-state index is 0.0855. The Morgan fingerprint density at radius 3 is 2.47 bits per heavy atom. The molecule has 0 saturated carbocycles. The molecule has 2 aliphatic rings. The molecule has 1 fully saturated rings. The van der Waals surface area contributed by atoms with Gasteiger partial charge < -0.3 is 25.0 Å². The number of aryl methyl sites for hydroxylation is 1. The number of nitrogens with one attached hydrogen (secondary N) is 2. The van der Waals surface area contributed by atoms with Crippen LogP contribution in [0.4, 0.5) is 5.69 Å². The third-order valence-electron chi connectivity index (χ3n) is 6.62. The van der Waals surface area contributed by atoms with Crippen LogP contribution in [0.25, 0.3) is 0 Å². The van der Waals surface area contributed by atoms with Crippen LogP contribution in [0.5, 0.6) is 11.5 Å². The average Bonchev–Trinajstić information content (AvgIpc) is 3.14. The molecule has 6 heteroatoms. The fraction of sp³-hybridized carbons (Fsp3) is 0.393. The van der Waals surface area contributed by atoms with Crippen molar-refractivity contribution in [3.05, 3.63) is 77.9 Å². The molecule has 1 saturated heterocycles. The van der Waals surface area contributed by atoms with E-state index in [0.717, 1.165) is 49.3 Å². The van der Waals surface area contributed by atoms with Crippen LogP contribution in [-0.4, -0.2) is 50.7 Å². The number of anilines is 1. The van der Waals surface area contributed by atoms with Crippen molar-refractivity contribution < 1.29 is 14.3 Å². The molecule has 4 rings (SSSR count). The quantitative estimate of drug-likeness (QED) is 0.636. The molecule has 1 heterocycles. The van der Waals surface area contributed by atoms with Gasteiger partial charge in [0.25, 0.3) is 0 Å². The number of hydrogen-bond donors (Lipinski definition) is 2. The lowest BCUT2D eigenvalue weighted by molar-refractivity contribution is -0.135. The van der Waals surface area contributed by atoms with Crippen molar-refractivity contribution in [3.63, 3.8) is 0 Å². The molecule has 2 aromatic rings. The van der Waals surface area contributed by atoms with Gasteiger partial charge in [0.15, 0.2) is 0 Å². The first kappa shape index (κ1) is 23.9. The van der Waals surface area contributed by atoms with Crippen molar-refractivity contribution in [2.45, 2.75) is 31.8 Å². The number of carbonyl (C=O) groups is 1. The second kappa shape index (κ2) is 11.3. The molecule has 1 aliphatic carbocycles. The number of nitrogens with zero attached hydrogens (tertiary/aromatic N) is 1. The fourth-order valence-electron chi connectivity index (χ4n) is 4.71. The Balaban J connectivity index is 1.69. The van der Waals surface area contributed by atoms with E-state index in [-0.39, 0.29) is 11.9 Å². The summed E-state index contributed by atoms with van der Waals surface area (Å²) in [6, 6.07) is 13.4. The zero-order chi connectivity index (χ0) is 23.9. The number of hydrogen-bond acceptors (Lipinski definition) is 5. The Kier molecular flexibility index (Phi) is 7.91. The molecule has 180 valence electrons. The van der Waals surface area contributed by atoms with Gasteiger partial charge >= 0.3 is 0 Å². The van der Waals surface area contributed by atoms with Crippen LogP contribution in [0, 0.1) is 12.8 Å². The Bertz CT molecular complexity index is 1010.